The number of pyridine rings is 1. The number of fused-ring (bicyclic) bond motifs is 1. The van der Waals surface area contributed by atoms with Crippen LogP contribution in [0.1, 0.15) is 11.4 Å². The molecular weight excluding hydrogens is 308 g/mol. The van der Waals surface area contributed by atoms with Crippen molar-refractivity contribution < 1.29 is 13.9 Å². The van der Waals surface area contributed by atoms with Gasteiger partial charge in [-0.3, -0.25) is 9.78 Å². The Morgan fingerprint density at radius 1 is 1.21 bits per heavy atom. The standard InChI is InChI=1S/C18H16N2O4/c1-12-3-2-4-14(20-12)10-19-17(21)11-23-15-7-5-13-6-8-18(22)24-16(13)9-15/h2-9H,10-11H2,1H3,(H,19,21). The fourth-order valence-corrected chi connectivity index (χ4v) is 2.22. The van der Waals surface area contributed by atoms with Gasteiger partial charge in [0.05, 0.1) is 12.2 Å². The van der Waals surface area contributed by atoms with Crippen LogP contribution in [0.3, 0.4) is 0 Å². The predicted molar refractivity (Wildman–Crippen MR) is 88.8 cm³/mol. The third-order valence-electron chi connectivity index (χ3n) is 3.38. The number of ether oxygens (including phenoxy) is 1. The Hall–Kier alpha value is -3.15. The molecule has 0 radical (unpaired) electrons. The Balaban J connectivity index is 1.57. The van der Waals surface area contributed by atoms with Crippen LogP contribution in [0.4, 0.5) is 0 Å². The molecule has 24 heavy (non-hydrogen) atoms. The van der Waals surface area contributed by atoms with E-state index in [1.165, 1.54) is 6.07 Å². The number of nitrogens with zero attached hydrogens (tertiary/aromatic N) is 1. The van der Waals surface area contributed by atoms with Crippen LogP contribution in [0.5, 0.6) is 5.75 Å². The smallest absolute Gasteiger partial charge is 0.336 e. The molecule has 3 rings (SSSR count). The minimum atomic E-state index is -0.428. The number of amides is 1. The lowest BCUT2D eigenvalue weighted by atomic mass is 10.2. The third-order valence-corrected chi connectivity index (χ3v) is 3.38. The van der Waals surface area contributed by atoms with Crippen molar-refractivity contribution in [2.45, 2.75) is 13.5 Å². The van der Waals surface area contributed by atoms with Crippen LogP contribution in [0.25, 0.3) is 11.0 Å². The van der Waals surface area contributed by atoms with E-state index in [2.05, 4.69) is 10.3 Å². The van der Waals surface area contributed by atoms with E-state index in [1.54, 1.807) is 24.3 Å². The Bertz CT molecular complexity index is 933. The maximum atomic E-state index is 11.9. The van der Waals surface area contributed by atoms with Crippen LogP contribution in [0.2, 0.25) is 0 Å². The van der Waals surface area contributed by atoms with Crippen LogP contribution in [-0.4, -0.2) is 17.5 Å². The first-order valence-corrected chi connectivity index (χ1v) is 7.46. The van der Waals surface area contributed by atoms with Crippen molar-refractivity contribution in [1.29, 1.82) is 0 Å². The average molecular weight is 324 g/mol. The highest BCUT2D eigenvalue weighted by Crippen LogP contribution is 2.19. The molecule has 2 heterocycles. The van der Waals surface area contributed by atoms with Crippen molar-refractivity contribution in [2.75, 3.05) is 6.61 Å². The zero-order valence-corrected chi connectivity index (χ0v) is 13.1. The van der Waals surface area contributed by atoms with Crippen molar-refractivity contribution in [3.63, 3.8) is 0 Å². The van der Waals surface area contributed by atoms with Crippen LogP contribution in [0.15, 0.2) is 57.7 Å². The summed E-state index contributed by atoms with van der Waals surface area (Å²) in [5, 5.41) is 3.53. The van der Waals surface area contributed by atoms with E-state index in [0.29, 0.717) is 17.9 Å². The van der Waals surface area contributed by atoms with E-state index in [-0.39, 0.29) is 12.5 Å². The molecule has 0 bridgehead atoms. The molecular formula is C18H16N2O4. The highest BCUT2D eigenvalue weighted by atomic mass is 16.5. The normalized spacial score (nSPS) is 10.5. The topological polar surface area (TPSA) is 81.4 Å². The van der Waals surface area contributed by atoms with E-state index in [0.717, 1.165) is 16.8 Å². The van der Waals surface area contributed by atoms with Crippen molar-refractivity contribution in [1.82, 2.24) is 10.3 Å². The molecule has 0 spiro atoms. The van der Waals surface area contributed by atoms with Crippen molar-refractivity contribution in [2.24, 2.45) is 0 Å². The van der Waals surface area contributed by atoms with Crippen LogP contribution < -0.4 is 15.7 Å². The molecule has 122 valence electrons. The summed E-state index contributed by atoms with van der Waals surface area (Å²) in [5.74, 6) is 0.202. The second-order valence-corrected chi connectivity index (χ2v) is 5.29. The molecule has 1 amide bonds. The number of hydrogen-bond donors (Lipinski definition) is 1. The first-order valence-electron chi connectivity index (χ1n) is 7.46. The predicted octanol–water partition coefficient (Wildman–Crippen LogP) is 2.19. The van der Waals surface area contributed by atoms with E-state index < -0.39 is 5.63 Å². The van der Waals surface area contributed by atoms with Crippen molar-refractivity contribution in [3.05, 3.63) is 70.3 Å². The Morgan fingerprint density at radius 2 is 2.04 bits per heavy atom. The number of nitrogens with one attached hydrogen (secondary N) is 1. The van der Waals surface area contributed by atoms with Gasteiger partial charge in [-0.05, 0) is 37.3 Å². The second kappa shape index (κ2) is 6.95. The first kappa shape index (κ1) is 15.7. The summed E-state index contributed by atoms with van der Waals surface area (Å²) in [4.78, 5) is 27.4. The molecule has 1 aromatic carbocycles. The maximum Gasteiger partial charge on any atom is 0.336 e. The summed E-state index contributed by atoms with van der Waals surface area (Å²) in [6.45, 7) is 2.11. The van der Waals surface area contributed by atoms with Gasteiger partial charge in [0.1, 0.15) is 11.3 Å². The molecule has 1 N–H and O–H groups in total. The first-order chi connectivity index (χ1) is 11.6. The summed E-state index contributed by atoms with van der Waals surface area (Å²) in [6, 6.07) is 13.7. The van der Waals surface area contributed by atoms with Crippen LogP contribution in [0, 0.1) is 6.92 Å². The maximum absolute atomic E-state index is 11.9. The number of carbonyl (C=O) groups is 1. The van der Waals surface area contributed by atoms with Gasteiger partial charge in [0.15, 0.2) is 6.61 Å². The Labute approximate surface area is 138 Å². The monoisotopic (exact) mass is 324 g/mol. The molecule has 0 saturated carbocycles. The van der Waals surface area contributed by atoms with Gasteiger partial charge in [0, 0.05) is 23.2 Å². The summed E-state index contributed by atoms with van der Waals surface area (Å²) in [6.07, 6.45) is 0. The number of carbonyl (C=O) groups excluding carboxylic acids is 1. The van der Waals surface area contributed by atoms with E-state index in [4.69, 9.17) is 9.15 Å². The lowest BCUT2D eigenvalue weighted by Crippen LogP contribution is -2.28. The summed E-state index contributed by atoms with van der Waals surface area (Å²) >= 11 is 0. The molecule has 0 saturated heterocycles. The lowest BCUT2D eigenvalue weighted by molar-refractivity contribution is -0.123. The Kier molecular flexibility index (Phi) is 4.56. The van der Waals surface area contributed by atoms with Gasteiger partial charge in [0.25, 0.3) is 5.91 Å². The van der Waals surface area contributed by atoms with Crippen LogP contribution in [-0.2, 0) is 11.3 Å². The highest BCUT2D eigenvalue weighted by Gasteiger charge is 2.05. The van der Waals surface area contributed by atoms with Gasteiger partial charge in [0.2, 0.25) is 0 Å². The molecule has 2 aromatic heterocycles. The highest BCUT2D eigenvalue weighted by molar-refractivity contribution is 5.79. The molecule has 0 aliphatic carbocycles. The van der Waals surface area contributed by atoms with Crippen molar-refractivity contribution >= 4 is 16.9 Å². The number of aryl methyl sites for hydroxylation is 1. The average Bonchev–Trinajstić information content (AvgIpc) is 2.58. The molecule has 0 fully saturated rings. The molecule has 0 atom stereocenters. The van der Waals surface area contributed by atoms with E-state index >= 15 is 0 Å². The summed E-state index contributed by atoms with van der Waals surface area (Å²) in [7, 11) is 0. The fourth-order valence-electron chi connectivity index (χ4n) is 2.22. The van der Waals surface area contributed by atoms with Gasteiger partial charge in [-0.15, -0.1) is 0 Å². The minimum absolute atomic E-state index is 0.131. The molecule has 6 heteroatoms. The second-order valence-electron chi connectivity index (χ2n) is 5.29. The van der Waals surface area contributed by atoms with Gasteiger partial charge in [-0.2, -0.15) is 0 Å². The summed E-state index contributed by atoms with van der Waals surface area (Å²) < 4.78 is 10.5. The molecule has 3 aromatic rings. The largest absolute Gasteiger partial charge is 0.484 e. The van der Waals surface area contributed by atoms with Gasteiger partial charge >= 0.3 is 5.63 Å². The number of benzene rings is 1. The number of hydrogen-bond acceptors (Lipinski definition) is 5. The SMILES string of the molecule is Cc1cccc(CNC(=O)COc2ccc3ccc(=O)oc3c2)n1. The quantitative estimate of drug-likeness (QED) is 0.728. The minimum Gasteiger partial charge on any atom is -0.484 e. The number of rotatable bonds is 5. The van der Waals surface area contributed by atoms with E-state index in [1.807, 2.05) is 25.1 Å². The molecule has 0 unspecified atom stereocenters. The lowest BCUT2D eigenvalue weighted by Gasteiger charge is -2.08. The Morgan fingerprint density at radius 3 is 2.88 bits per heavy atom. The molecule has 0 aliphatic rings. The zero-order valence-electron chi connectivity index (χ0n) is 13.1. The van der Waals surface area contributed by atoms with E-state index in [9.17, 15) is 9.59 Å². The van der Waals surface area contributed by atoms with Gasteiger partial charge in [-0.25, -0.2) is 4.79 Å². The number of aromatic nitrogens is 1. The van der Waals surface area contributed by atoms with Gasteiger partial charge in [-0.1, -0.05) is 6.07 Å². The van der Waals surface area contributed by atoms with Gasteiger partial charge < -0.3 is 14.5 Å². The fraction of sp³-hybridized carbons (Fsp3) is 0.167. The zero-order chi connectivity index (χ0) is 16.9. The van der Waals surface area contributed by atoms with Crippen molar-refractivity contribution in [3.8, 4) is 5.75 Å². The molecule has 6 nitrogen and oxygen atoms in total. The molecule has 0 aliphatic heterocycles. The summed E-state index contributed by atoms with van der Waals surface area (Å²) in [5.41, 5.74) is 1.68. The third kappa shape index (κ3) is 3.98. The van der Waals surface area contributed by atoms with Crippen LogP contribution >= 0.6 is 0 Å².